The summed E-state index contributed by atoms with van der Waals surface area (Å²) in [5, 5.41) is 3.32. The van der Waals surface area contributed by atoms with Gasteiger partial charge in [-0.1, -0.05) is 37.5 Å². The van der Waals surface area contributed by atoms with Gasteiger partial charge in [0.1, 0.15) is 5.01 Å². The van der Waals surface area contributed by atoms with E-state index in [0.29, 0.717) is 5.92 Å². The predicted octanol–water partition coefficient (Wildman–Crippen LogP) is 4.94. The summed E-state index contributed by atoms with van der Waals surface area (Å²) in [4.78, 5) is 4.77. The highest BCUT2D eigenvalue weighted by atomic mass is 32.1. The lowest BCUT2D eigenvalue weighted by Gasteiger charge is -2.19. The number of benzene rings is 1. The Labute approximate surface area is 124 Å². The summed E-state index contributed by atoms with van der Waals surface area (Å²) in [5.41, 5.74) is 9.00. The first-order valence-corrected chi connectivity index (χ1v) is 8.18. The monoisotopic (exact) mass is 284 g/mol. The number of rotatable bonds is 3. The maximum absolute atomic E-state index is 5.78. The van der Waals surface area contributed by atoms with Crippen LogP contribution in [-0.4, -0.2) is 4.98 Å². The fourth-order valence-electron chi connectivity index (χ4n) is 2.79. The minimum Gasteiger partial charge on any atom is -0.399 e. The summed E-state index contributed by atoms with van der Waals surface area (Å²) in [7, 11) is 0. The summed E-state index contributed by atoms with van der Waals surface area (Å²) >= 11 is 1.74. The van der Waals surface area contributed by atoms with Crippen molar-refractivity contribution in [2.24, 2.45) is 0 Å². The number of thiazole rings is 1. The van der Waals surface area contributed by atoms with Crippen LogP contribution in [0.1, 0.15) is 54.3 Å². The number of nitrogens with zero attached hydrogens (tertiary/aromatic N) is 1. The Morgan fingerprint density at radius 3 is 2.80 bits per heavy atom. The van der Waals surface area contributed by atoms with E-state index in [2.05, 4.69) is 23.6 Å². The molecule has 0 saturated heterocycles. The SMILES string of the molecule is Nc1cccc(/C=C/c2nc(C3CCCCC3)cs2)c1. The second-order valence-electron chi connectivity index (χ2n) is 5.45. The predicted molar refractivity (Wildman–Crippen MR) is 87.7 cm³/mol. The third-order valence-electron chi connectivity index (χ3n) is 3.89. The Kier molecular flexibility index (Phi) is 4.16. The van der Waals surface area contributed by atoms with Crippen LogP contribution < -0.4 is 5.73 Å². The van der Waals surface area contributed by atoms with Crippen molar-refractivity contribution >= 4 is 29.2 Å². The molecule has 0 bridgehead atoms. The number of nitrogens with two attached hydrogens (primary N) is 1. The molecule has 104 valence electrons. The molecule has 0 atom stereocenters. The van der Waals surface area contributed by atoms with Crippen LogP contribution in [0.5, 0.6) is 0 Å². The van der Waals surface area contributed by atoms with Crippen LogP contribution in [0.25, 0.3) is 12.2 Å². The zero-order valence-electron chi connectivity index (χ0n) is 11.6. The van der Waals surface area contributed by atoms with Crippen LogP contribution in [0.4, 0.5) is 5.69 Å². The van der Waals surface area contributed by atoms with Gasteiger partial charge in [0.15, 0.2) is 0 Å². The highest BCUT2D eigenvalue weighted by Crippen LogP contribution is 2.33. The van der Waals surface area contributed by atoms with E-state index in [-0.39, 0.29) is 0 Å². The summed E-state index contributed by atoms with van der Waals surface area (Å²) < 4.78 is 0. The second-order valence-corrected chi connectivity index (χ2v) is 6.34. The Balaban J connectivity index is 1.70. The van der Waals surface area contributed by atoms with Crippen molar-refractivity contribution in [2.75, 3.05) is 5.73 Å². The molecule has 2 aromatic rings. The van der Waals surface area contributed by atoms with Crippen molar-refractivity contribution in [3.05, 3.63) is 45.9 Å². The zero-order chi connectivity index (χ0) is 13.8. The average molecular weight is 284 g/mol. The van der Waals surface area contributed by atoms with Gasteiger partial charge in [0, 0.05) is 17.0 Å². The molecule has 0 spiro atoms. The summed E-state index contributed by atoms with van der Waals surface area (Å²) in [6.45, 7) is 0. The van der Waals surface area contributed by atoms with Crippen molar-refractivity contribution in [3.8, 4) is 0 Å². The topological polar surface area (TPSA) is 38.9 Å². The van der Waals surface area contributed by atoms with Crippen molar-refractivity contribution in [1.29, 1.82) is 0 Å². The maximum atomic E-state index is 5.78. The molecule has 1 aromatic carbocycles. The first-order chi connectivity index (χ1) is 9.81. The Hall–Kier alpha value is -1.61. The molecule has 0 unspecified atom stereocenters. The molecule has 2 N–H and O–H groups in total. The molecular formula is C17H20N2S. The van der Waals surface area contributed by atoms with E-state index in [4.69, 9.17) is 10.7 Å². The summed E-state index contributed by atoms with van der Waals surface area (Å²) in [6, 6.07) is 7.92. The third kappa shape index (κ3) is 3.28. The largest absolute Gasteiger partial charge is 0.399 e. The lowest BCUT2D eigenvalue weighted by Crippen LogP contribution is -2.04. The molecule has 1 aliphatic carbocycles. The van der Waals surface area contributed by atoms with Crippen molar-refractivity contribution < 1.29 is 0 Å². The van der Waals surface area contributed by atoms with Crippen molar-refractivity contribution in [1.82, 2.24) is 4.98 Å². The molecule has 3 rings (SSSR count). The van der Waals surface area contributed by atoms with Crippen LogP contribution in [0.3, 0.4) is 0 Å². The van der Waals surface area contributed by atoms with Gasteiger partial charge in [-0.05, 0) is 36.6 Å². The van der Waals surface area contributed by atoms with E-state index in [1.165, 1.54) is 37.8 Å². The highest BCUT2D eigenvalue weighted by molar-refractivity contribution is 7.10. The molecule has 1 fully saturated rings. The summed E-state index contributed by atoms with van der Waals surface area (Å²) in [5.74, 6) is 0.689. The Bertz CT molecular complexity index is 595. The number of hydrogen-bond acceptors (Lipinski definition) is 3. The highest BCUT2D eigenvalue weighted by Gasteiger charge is 2.17. The third-order valence-corrected chi connectivity index (χ3v) is 4.72. The second kappa shape index (κ2) is 6.23. The molecular weight excluding hydrogens is 264 g/mol. The van der Waals surface area contributed by atoms with Crippen LogP contribution in [0.2, 0.25) is 0 Å². The molecule has 1 aliphatic rings. The first kappa shape index (κ1) is 13.4. The van der Waals surface area contributed by atoms with Gasteiger partial charge < -0.3 is 5.73 Å². The minimum absolute atomic E-state index is 0.689. The van der Waals surface area contributed by atoms with Crippen LogP contribution in [0, 0.1) is 0 Å². The van der Waals surface area contributed by atoms with E-state index in [9.17, 15) is 0 Å². The van der Waals surface area contributed by atoms with Gasteiger partial charge in [-0.2, -0.15) is 0 Å². The molecule has 0 aliphatic heterocycles. The number of hydrogen-bond donors (Lipinski definition) is 1. The zero-order valence-corrected chi connectivity index (χ0v) is 12.4. The molecule has 3 heteroatoms. The first-order valence-electron chi connectivity index (χ1n) is 7.30. The van der Waals surface area contributed by atoms with E-state index >= 15 is 0 Å². The minimum atomic E-state index is 0.689. The maximum Gasteiger partial charge on any atom is 0.116 e. The fraction of sp³-hybridized carbons (Fsp3) is 0.353. The Morgan fingerprint density at radius 1 is 1.15 bits per heavy atom. The molecule has 20 heavy (non-hydrogen) atoms. The van der Waals surface area contributed by atoms with Gasteiger partial charge in [0.2, 0.25) is 0 Å². The van der Waals surface area contributed by atoms with Gasteiger partial charge in [-0.15, -0.1) is 11.3 Å². The van der Waals surface area contributed by atoms with Gasteiger partial charge in [0.05, 0.1) is 5.69 Å². The normalized spacial score (nSPS) is 16.8. The van der Waals surface area contributed by atoms with E-state index in [1.54, 1.807) is 11.3 Å². The van der Waals surface area contributed by atoms with E-state index < -0.39 is 0 Å². The lowest BCUT2D eigenvalue weighted by molar-refractivity contribution is 0.438. The van der Waals surface area contributed by atoms with Crippen LogP contribution >= 0.6 is 11.3 Å². The smallest absolute Gasteiger partial charge is 0.116 e. The van der Waals surface area contributed by atoms with Crippen LogP contribution in [-0.2, 0) is 0 Å². The van der Waals surface area contributed by atoms with Gasteiger partial charge in [0.25, 0.3) is 0 Å². The molecule has 1 saturated carbocycles. The molecule has 0 radical (unpaired) electrons. The molecule has 1 heterocycles. The average Bonchev–Trinajstić information content (AvgIpc) is 2.95. The van der Waals surface area contributed by atoms with Gasteiger partial charge >= 0.3 is 0 Å². The number of nitrogen functional groups attached to an aromatic ring is 1. The molecule has 1 aromatic heterocycles. The standard InChI is InChI=1S/C17H20N2S/c18-15-8-4-5-13(11-15)9-10-17-19-16(12-20-17)14-6-2-1-3-7-14/h4-5,8-12,14H,1-3,6-7,18H2/b10-9+. The molecule has 0 amide bonds. The fourth-order valence-corrected chi connectivity index (χ4v) is 3.58. The molecule has 2 nitrogen and oxygen atoms in total. The Morgan fingerprint density at radius 2 is 2.00 bits per heavy atom. The summed E-state index contributed by atoms with van der Waals surface area (Å²) in [6.07, 6.45) is 10.9. The van der Waals surface area contributed by atoms with E-state index in [0.717, 1.165) is 16.3 Å². The van der Waals surface area contributed by atoms with Gasteiger partial charge in [-0.3, -0.25) is 0 Å². The van der Waals surface area contributed by atoms with Crippen LogP contribution in [0.15, 0.2) is 29.6 Å². The number of anilines is 1. The quantitative estimate of drug-likeness (QED) is 0.810. The van der Waals surface area contributed by atoms with E-state index in [1.807, 2.05) is 18.2 Å². The lowest BCUT2D eigenvalue weighted by atomic mass is 9.87. The van der Waals surface area contributed by atoms with Crippen molar-refractivity contribution in [2.45, 2.75) is 38.0 Å². The van der Waals surface area contributed by atoms with Crippen molar-refractivity contribution in [3.63, 3.8) is 0 Å². The van der Waals surface area contributed by atoms with Gasteiger partial charge in [-0.25, -0.2) is 4.98 Å². The number of aromatic nitrogens is 1.